The quantitative estimate of drug-likeness (QED) is 0.609. The van der Waals surface area contributed by atoms with Crippen molar-refractivity contribution in [1.29, 1.82) is 0 Å². The summed E-state index contributed by atoms with van der Waals surface area (Å²) in [5.41, 5.74) is -0.665. The zero-order chi connectivity index (χ0) is 20.5. The van der Waals surface area contributed by atoms with Crippen molar-refractivity contribution in [1.82, 2.24) is 10.2 Å². The molecule has 28 heavy (non-hydrogen) atoms. The number of urea groups is 1. The summed E-state index contributed by atoms with van der Waals surface area (Å²) in [6.45, 7) is 1.11. The van der Waals surface area contributed by atoms with Gasteiger partial charge in [0, 0.05) is 5.56 Å². The highest BCUT2D eigenvalue weighted by molar-refractivity contribution is 6.11. The van der Waals surface area contributed by atoms with Gasteiger partial charge in [-0.2, -0.15) is 0 Å². The number of methoxy groups -OCH3 is 2. The van der Waals surface area contributed by atoms with Crippen molar-refractivity contribution in [2.75, 3.05) is 20.8 Å². The average molecular weight is 386 g/mol. The minimum absolute atomic E-state index is 0.210. The van der Waals surface area contributed by atoms with Crippen molar-refractivity contribution in [2.45, 2.75) is 12.5 Å². The number of imide groups is 1. The third kappa shape index (κ3) is 3.28. The second-order valence-electron chi connectivity index (χ2n) is 6.45. The Kier molecular flexibility index (Phi) is 5.04. The summed E-state index contributed by atoms with van der Waals surface area (Å²) in [6, 6.07) is 9.10. The number of halogens is 1. The zero-order valence-corrected chi connectivity index (χ0v) is 15.6. The Balaban J connectivity index is 1.86. The lowest BCUT2D eigenvalue weighted by Crippen LogP contribution is -2.41. The van der Waals surface area contributed by atoms with E-state index in [-0.39, 0.29) is 5.56 Å². The summed E-state index contributed by atoms with van der Waals surface area (Å²) >= 11 is 0. The van der Waals surface area contributed by atoms with E-state index >= 15 is 0 Å². The molecule has 8 heteroatoms. The number of ketones is 1. The van der Waals surface area contributed by atoms with E-state index in [2.05, 4.69) is 5.32 Å². The molecule has 146 valence electrons. The van der Waals surface area contributed by atoms with E-state index in [4.69, 9.17) is 9.47 Å². The van der Waals surface area contributed by atoms with Crippen LogP contribution < -0.4 is 14.8 Å². The van der Waals surface area contributed by atoms with Gasteiger partial charge in [-0.1, -0.05) is 6.07 Å². The number of benzene rings is 2. The van der Waals surface area contributed by atoms with Crippen LogP contribution in [0.4, 0.5) is 9.18 Å². The largest absolute Gasteiger partial charge is 0.493 e. The van der Waals surface area contributed by atoms with Crippen LogP contribution in [0, 0.1) is 5.82 Å². The summed E-state index contributed by atoms with van der Waals surface area (Å²) in [7, 11) is 2.96. The van der Waals surface area contributed by atoms with E-state index in [1.54, 1.807) is 25.1 Å². The van der Waals surface area contributed by atoms with Crippen LogP contribution in [0.1, 0.15) is 22.8 Å². The minimum Gasteiger partial charge on any atom is -0.493 e. The number of rotatable bonds is 6. The Hall–Kier alpha value is -3.42. The number of nitrogens with zero attached hydrogens (tertiary/aromatic N) is 1. The van der Waals surface area contributed by atoms with Gasteiger partial charge in [0.25, 0.3) is 5.91 Å². The first-order chi connectivity index (χ1) is 13.3. The topological polar surface area (TPSA) is 84.9 Å². The van der Waals surface area contributed by atoms with Crippen molar-refractivity contribution in [3.8, 4) is 11.5 Å². The van der Waals surface area contributed by atoms with Gasteiger partial charge in [-0.3, -0.25) is 14.5 Å². The molecule has 0 aromatic heterocycles. The Morgan fingerprint density at radius 2 is 1.71 bits per heavy atom. The fourth-order valence-electron chi connectivity index (χ4n) is 3.05. The van der Waals surface area contributed by atoms with Crippen LogP contribution >= 0.6 is 0 Å². The SMILES string of the molecule is COc1ccc(C2(C)NC(=O)N(CC(=O)c3ccc(F)cc3)C2=O)cc1OC. The number of carbonyl (C=O) groups excluding carboxylic acids is 3. The lowest BCUT2D eigenvalue weighted by Gasteiger charge is -2.23. The van der Waals surface area contributed by atoms with Gasteiger partial charge in [0.2, 0.25) is 0 Å². The van der Waals surface area contributed by atoms with Gasteiger partial charge in [0.05, 0.1) is 20.8 Å². The summed E-state index contributed by atoms with van der Waals surface area (Å²) in [6.07, 6.45) is 0. The summed E-state index contributed by atoms with van der Waals surface area (Å²) in [5, 5.41) is 2.63. The van der Waals surface area contributed by atoms with Gasteiger partial charge in [-0.05, 0) is 48.9 Å². The molecule has 0 radical (unpaired) electrons. The van der Waals surface area contributed by atoms with Crippen molar-refractivity contribution >= 4 is 17.7 Å². The van der Waals surface area contributed by atoms with Gasteiger partial charge < -0.3 is 14.8 Å². The Morgan fingerprint density at radius 3 is 2.32 bits per heavy atom. The van der Waals surface area contributed by atoms with E-state index in [1.807, 2.05) is 0 Å². The van der Waals surface area contributed by atoms with Gasteiger partial charge >= 0.3 is 6.03 Å². The lowest BCUT2D eigenvalue weighted by molar-refractivity contribution is -0.130. The summed E-state index contributed by atoms with van der Waals surface area (Å²) in [5.74, 6) is -0.633. The number of amides is 3. The molecule has 1 N–H and O–H groups in total. The maximum atomic E-state index is 13.0. The fraction of sp³-hybridized carbons (Fsp3) is 0.250. The third-order valence-electron chi connectivity index (χ3n) is 4.70. The third-order valence-corrected chi connectivity index (χ3v) is 4.70. The number of Topliss-reactive ketones (excluding diaryl/α,β-unsaturated/α-hetero) is 1. The zero-order valence-electron chi connectivity index (χ0n) is 15.6. The molecule has 1 fully saturated rings. The van der Waals surface area contributed by atoms with Crippen molar-refractivity contribution in [3.05, 3.63) is 59.4 Å². The number of carbonyl (C=O) groups is 3. The molecule has 2 aromatic rings. The molecule has 2 aromatic carbocycles. The number of hydrogen-bond acceptors (Lipinski definition) is 5. The molecule has 0 aliphatic carbocycles. The summed E-state index contributed by atoms with van der Waals surface area (Å²) < 4.78 is 23.5. The van der Waals surface area contributed by atoms with E-state index in [1.165, 1.54) is 26.4 Å². The maximum absolute atomic E-state index is 13.0. The first-order valence-corrected chi connectivity index (χ1v) is 8.45. The van der Waals surface area contributed by atoms with Crippen LogP contribution in [-0.4, -0.2) is 43.4 Å². The minimum atomic E-state index is -1.36. The molecule has 3 amide bonds. The standard InChI is InChI=1S/C20H19FN2O5/c1-20(13-6-9-16(27-2)17(10-13)28-3)18(25)23(19(26)22-20)11-15(24)12-4-7-14(21)8-5-12/h4-10H,11H2,1-3H3,(H,22,26). The predicted octanol–water partition coefficient (Wildman–Crippen LogP) is 2.49. The van der Waals surface area contributed by atoms with E-state index < -0.39 is 35.6 Å². The first kappa shape index (κ1) is 19.3. The molecular weight excluding hydrogens is 367 g/mol. The van der Waals surface area contributed by atoms with Crippen molar-refractivity contribution in [3.63, 3.8) is 0 Å². The van der Waals surface area contributed by atoms with Gasteiger partial charge in [0.1, 0.15) is 11.4 Å². The van der Waals surface area contributed by atoms with Gasteiger partial charge in [-0.25, -0.2) is 9.18 Å². The fourth-order valence-corrected chi connectivity index (χ4v) is 3.05. The molecule has 7 nitrogen and oxygen atoms in total. The van der Waals surface area contributed by atoms with E-state index in [9.17, 15) is 18.8 Å². The molecule has 3 rings (SSSR count). The molecule has 1 heterocycles. The van der Waals surface area contributed by atoms with Crippen LogP contribution in [0.2, 0.25) is 0 Å². The van der Waals surface area contributed by atoms with Crippen LogP contribution in [0.3, 0.4) is 0 Å². The molecular formula is C20H19FN2O5. The Bertz CT molecular complexity index is 944. The van der Waals surface area contributed by atoms with E-state index in [0.29, 0.717) is 17.1 Å². The van der Waals surface area contributed by atoms with Crippen LogP contribution in [-0.2, 0) is 10.3 Å². The first-order valence-electron chi connectivity index (χ1n) is 8.45. The second kappa shape index (κ2) is 7.30. The summed E-state index contributed by atoms with van der Waals surface area (Å²) in [4.78, 5) is 38.6. The monoisotopic (exact) mass is 386 g/mol. The van der Waals surface area contributed by atoms with Crippen molar-refractivity contribution < 1.29 is 28.2 Å². The van der Waals surface area contributed by atoms with Gasteiger partial charge in [-0.15, -0.1) is 0 Å². The van der Waals surface area contributed by atoms with Crippen LogP contribution in [0.25, 0.3) is 0 Å². The normalized spacial score (nSPS) is 18.8. The molecule has 1 aliphatic rings. The van der Waals surface area contributed by atoms with Crippen LogP contribution in [0.15, 0.2) is 42.5 Å². The molecule has 0 spiro atoms. The van der Waals surface area contributed by atoms with Gasteiger partial charge in [0.15, 0.2) is 17.3 Å². The second-order valence-corrected chi connectivity index (χ2v) is 6.45. The molecule has 0 bridgehead atoms. The Morgan fingerprint density at radius 1 is 1.07 bits per heavy atom. The highest BCUT2D eigenvalue weighted by Gasteiger charge is 2.49. The highest BCUT2D eigenvalue weighted by atomic mass is 19.1. The number of hydrogen-bond donors (Lipinski definition) is 1. The predicted molar refractivity (Wildman–Crippen MR) is 97.9 cm³/mol. The van der Waals surface area contributed by atoms with Crippen LogP contribution in [0.5, 0.6) is 11.5 Å². The molecule has 1 aliphatic heterocycles. The van der Waals surface area contributed by atoms with Crippen molar-refractivity contribution in [2.24, 2.45) is 0 Å². The number of ether oxygens (including phenoxy) is 2. The smallest absolute Gasteiger partial charge is 0.325 e. The lowest BCUT2D eigenvalue weighted by atomic mass is 9.91. The maximum Gasteiger partial charge on any atom is 0.325 e. The number of nitrogens with one attached hydrogen (secondary N) is 1. The molecule has 1 unspecified atom stereocenters. The Labute approximate surface area is 161 Å². The molecule has 1 atom stereocenters. The molecule has 0 saturated carbocycles. The average Bonchev–Trinajstić information content (AvgIpc) is 2.91. The highest BCUT2D eigenvalue weighted by Crippen LogP contribution is 2.35. The van der Waals surface area contributed by atoms with E-state index in [0.717, 1.165) is 17.0 Å². The molecule has 1 saturated heterocycles.